The van der Waals surface area contributed by atoms with E-state index in [0.717, 1.165) is 36.6 Å². The van der Waals surface area contributed by atoms with Crippen LogP contribution in [0.2, 0.25) is 0 Å². The molecule has 0 spiro atoms. The van der Waals surface area contributed by atoms with Crippen LogP contribution in [0.5, 0.6) is 5.75 Å². The fourth-order valence-corrected chi connectivity index (χ4v) is 4.21. The lowest BCUT2D eigenvalue weighted by Gasteiger charge is -2.13. The number of nitrogens with zero attached hydrogens (tertiary/aromatic N) is 2. The standard InChI is InChI=1S/C16H13BrFN3O3S/c1-24-14-6-11(17)12(18)7-15(14)25(22,23)21-16-10(8-19)5-9-3-2-4-13(9)20-16/h5-7H,2-4H2,1H3,(H,20,21). The van der Waals surface area contributed by atoms with Gasteiger partial charge in [0.25, 0.3) is 10.0 Å². The summed E-state index contributed by atoms with van der Waals surface area (Å²) in [7, 11) is -2.91. The normalized spacial score (nSPS) is 13.2. The molecular formula is C16H13BrFN3O3S. The van der Waals surface area contributed by atoms with Crippen molar-refractivity contribution in [2.45, 2.75) is 24.2 Å². The molecule has 0 saturated carbocycles. The van der Waals surface area contributed by atoms with Gasteiger partial charge >= 0.3 is 0 Å². The number of halogens is 2. The lowest BCUT2D eigenvalue weighted by Crippen LogP contribution is -2.17. The number of aromatic nitrogens is 1. The van der Waals surface area contributed by atoms with E-state index >= 15 is 0 Å². The van der Waals surface area contributed by atoms with Gasteiger partial charge in [0.1, 0.15) is 22.5 Å². The third kappa shape index (κ3) is 3.32. The molecule has 1 heterocycles. The molecule has 0 bridgehead atoms. The van der Waals surface area contributed by atoms with E-state index in [1.165, 1.54) is 13.2 Å². The summed E-state index contributed by atoms with van der Waals surface area (Å²) in [5.41, 5.74) is 1.85. The average molecular weight is 426 g/mol. The third-order valence-corrected chi connectivity index (χ3v) is 5.87. The summed E-state index contributed by atoms with van der Waals surface area (Å²) >= 11 is 2.99. The van der Waals surface area contributed by atoms with Crippen molar-refractivity contribution in [2.24, 2.45) is 0 Å². The molecule has 0 amide bonds. The summed E-state index contributed by atoms with van der Waals surface area (Å²) in [6, 6.07) is 5.67. The molecule has 25 heavy (non-hydrogen) atoms. The zero-order valence-corrected chi connectivity index (χ0v) is 15.5. The van der Waals surface area contributed by atoms with Gasteiger partial charge in [-0.3, -0.25) is 4.72 Å². The number of pyridine rings is 1. The topological polar surface area (TPSA) is 92.1 Å². The van der Waals surface area contributed by atoms with Crippen LogP contribution in [-0.4, -0.2) is 20.5 Å². The Kier molecular flexibility index (Phi) is 4.67. The van der Waals surface area contributed by atoms with Crippen LogP contribution in [-0.2, 0) is 22.9 Å². The summed E-state index contributed by atoms with van der Waals surface area (Å²) in [5.74, 6) is -0.836. The fraction of sp³-hybridized carbons (Fsp3) is 0.250. The van der Waals surface area contributed by atoms with Gasteiger partial charge in [-0.15, -0.1) is 0 Å². The lowest BCUT2D eigenvalue weighted by atomic mass is 10.1. The van der Waals surface area contributed by atoms with E-state index in [1.807, 2.05) is 6.07 Å². The van der Waals surface area contributed by atoms with Crippen molar-refractivity contribution >= 4 is 31.8 Å². The third-order valence-electron chi connectivity index (χ3n) is 3.90. The van der Waals surface area contributed by atoms with E-state index in [4.69, 9.17) is 4.74 Å². The second-order valence-electron chi connectivity index (χ2n) is 5.48. The van der Waals surface area contributed by atoms with Crippen molar-refractivity contribution in [1.82, 2.24) is 4.98 Å². The highest BCUT2D eigenvalue weighted by Crippen LogP contribution is 2.32. The van der Waals surface area contributed by atoms with Gasteiger partial charge in [-0.25, -0.2) is 17.8 Å². The molecule has 130 valence electrons. The number of hydrogen-bond donors (Lipinski definition) is 1. The maximum Gasteiger partial charge on any atom is 0.266 e. The highest BCUT2D eigenvalue weighted by Gasteiger charge is 2.25. The molecule has 0 aliphatic heterocycles. The predicted octanol–water partition coefficient (Wildman–Crippen LogP) is 3.15. The molecule has 2 aromatic rings. The number of sulfonamides is 1. The van der Waals surface area contributed by atoms with E-state index in [2.05, 4.69) is 25.6 Å². The Morgan fingerprint density at radius 2 is 2.12 bits per heavy atom. The first kappa shape index (κ1) is 17.6. The molecule has 6 nitrogen and oxygen atoms in total. The Hall–Kier alpha value is -2.18. The van der Waals surface area contributed by atoms with Gasteiger partial charge in [0.05, 0.1) is 17.1 Å². The van der Waals surface area contributed by atoms with Gasteiger partial charge < -0.3 is 4.74 Å². The zero-order valence-electron chi connectivity index (χ0n) is 13.1. The van der Waals surface area contributed by atoms with E-state index in [1.54, 1.807) is 6.07 Å². The van der Waals surface area contributed by atoms with Crippen LogP contribution in [0.1, 0.15) is 23.2 Å². The number of aryl methyl sites for hydroxylation is 2. The summed E-state index contributed by atoms with van der Waals surface area (Å²) in [6.07, 6.45) is 2.46. The van der Waals surface area contributed by atoms with Gasteiger partial charge in [-0.1, -0.05) is 0 Å². The molecule has 1 aliphatic rings. The van der Waals surface area contributed by atoms with Gasteiger partial charge in [0, 0.05) is 5.69 Å². The van der Waals surface area contributed by atoms with Gasteiger partial charge in [-0.05, 0) is 59.0 Å². The molecular weight excluding hydrogens is 413 g/mol. The predicted molar refractivity (Wildman–Crippen MR) is 92.4 cm³/mol. The lowest BCUT2D eigenvalue weighted by molar-refractivity contribution is 0.400. The van der Waals surface area contributed by atoms with Crippen molar-refractivity contribution < 1.29 is 17.5 Å². The maximum atomic E-state index is 13.8. The van der Waals surface area contributed by atoms with Gasteiger partial charge in [0.15, 0.2) is 5.82 Å². The van der Waals surface area contributed by atoms with Crippen LogP contribution in [0.15, 0.2) is 27.6 Å². The smallest absolute Gasteiger partial charge is 0.266 e. The van der Waals surface area contributed by atoms with Crippen molar-refractivity contribution in [1.29, 1.82) is 5.26 Å². The molecule has 9 heteroatoms. The number of methoxy groups -OCH3 is 1. The molecule has 1 aromatic carbocycles. The summed E-state index contributed by atoms with van der Waals surface area (Å²) in [5, 5.41) is 9.28. The van der Waals surface area contributed by atoms with Crippen molar-refractivity contribution in [3.8, 4) is 11.8 Å². The number of rotatable bonds is 4. The Balaban J connectivity index is 2.07. The molecule has 0 saturated heterocycles. The molecule has 3 rings (SSSR count). The monoisotopic (exact) mass is 425 g/mol. The molecule has 1 aliphatic carbocycles. The van der Waals surface area contributed by atoms with Crippen molar-refractivity contribution in [3.05, 3.63) is 45.3 Å². The van der Waals surface area contributed by atoms with E-state index in [-0.39, 0.29) is 26.5 Å². The molecule has 1 aromatic heterocycles. The van der Waals surface area contributed by atoms with Gasteiger partial charge in [-0.2, -0.15) is 5.26 Å². The van der Waals surface area contributed by atoms with E-state index in [0.29, 0.717) is 0 Å². The van der Waals surface area contributed by atoms with Crippen LogP contribution >= 0.6 is 15.9 Å². The second-order valence-corrected chi connectivity index (χ2v) is 7.98. The zero-order chi connectivity index (χ0) is 18.2. The maximum absolute atomic E-state index is 13.8. The Morgan fingerprint density at radius 3 is 2.80 bits per heavy atom. The quantitative estimate of drug-likeness (QED) is 0.811. The first-order valence-electron chi connectivity index (χ1n) is 7.34. The minimum atomic E-state index is -4.19. The summed E-state index contributed by atoms with van der Waals surface area (Å²) < 4.78 is 46.6. The average Bonchev–Trinajstić information content (AvgIpc) is 3.02. The van der Waals surface area contributed by atoms with E-state index in [9.17, 15) is 18.1 Å². The summed E-state index contributed by atoms with van der Waals surface area (Å²) in [4.78, 5) is 3.90. The highest BCUT2D eigenvalue weighted by molar-refractivity contribution is 9.10. The first-order valence-corrected chi connectivity index (χ1v) is 9.62. The number of nitriles is 1. The first-order chi connectivity index (χ1) is 11.9. The Morgan fingerprint density at radius 1 is 1.36 bits per heavy atom. The molecule has 0 radical (unpaired) electrons. The molecule has 0 unspecified atom stereocenters. The number of anilines is 1. The highest BCUT2D eigenvalue weighted by atomic mass is 79.9. The number of ether oxygens (including phenoxy) is 1. The minimum Gasteiger partial charge on any atom is -0.495 e. The SMILES string of the molecule is COc1cc(Br)c(F)cc1S(=O)(=O)Nc1nc2c(cc1C#N)CCC2. The number of fused-ring (bicyclic) bond motifs is 1. The number of nitrogens with one attached hydrogen (secondary N) is 1. The fourth-order valence-electron chi connectivity index (χ4n) is 2.70. The molecule has 0 fully saturated rings. The van der Waals surface area contributed by atoms with E-state index < -0.39 is 15.8 Å². The second kappa shape index (κ2) is 6.61. The van der Waals surface area contributed by atoms with Crippen LogP contribution in [0.25, 0.3) is 0 Å². The minimum absolute atomic E-state index is 0.0274. The Bertz CT molecular complexity index is 1000. The van der Waals surface area contributed by atoms with Crippen LogP contribution in [0.3, 0.4) is 0 Å². The van der Waals surface area contributed by atoms with Crippen molar-refractivity contribution in [3.63, 3.8) is 0 Å². The van der Waals surface area contributed by atoms with Crippen LogP contribution in [0.4, 0.5) is 10.2 Å². The van der Waals surface area contributed by atoms with Crippen LogP contribution < -0.4 is 9.46 Å². The van der Waals surface area contributed by atoms with Gasteiger partial charge in [0.2, 0.25) is 0 Å². The Labute approximate surface area is 152 Å². The largest absolute Gasteiger partial charge is 0.495 e. The van der Waals surface area contributed by atoms with Crippen LogP contribution in [0, 0.1) is 17.1 Å². The number of benzene rings is 1. The number of hydrogen-bond acceptors (Lipinski definition) is 5. The summed E-state index contributed by atoms with van der Waals surface area (Å²) in [6.45, 7) is 0. The molecule has 0 atom stereocenters. The van der Waals surface area contributed by atoms with Crippen molar-refractivity contribution in [2.75, 3.05) is 11.8 Å². The molecule has 1 N–H and O–H groups in total.